The first kappa shape index (κ1) is 23.0. The zero-order valence-electron chi connectivity index (χ0n) is 19.6. The van der Waals surface area contributed by atoms with Crippen molar-refractivity contribution >= 4 is 5.96 Å². The van der Waals surface area contributed by atoms with Gasteiger partial charge in [0, 0.05) is 71.0 Å². The van der Waals surface area contributed by atoms with E-state index in [9.17, 15) is 0 Å². The summed E-state index contributed by atoms with van der Waals surface area (Å²) < 4.78 is 0. The van der Waals surface area contributed by atoms with Gasteiger partial charge in [-0.1, -0.05) is 37.3 Å². The molecule has 168 valence electrons. The monoisotopic (exact) mass is 414 g/mol. The lowest BCUT2D eigenvalue weighted by Crippen LogP contribution is -2.48. The fraction of sp³-hybridized carbons (Fsp3) is 0.708. The second-order valence-electron chi connectivity index (χ2n) is 9.35. The number of piperazine rings is 1. The SMILES string of the molecule is CN=C(NCCCN1CCN(C)CC1c1ccccc1)NC1CN(C(C)C)CC1C. The molecule has 3 atom stereocenters. The predicted molar refractivity (Wildman–Crippen MR) is 127 cm³/mol. The number of guanidine groups is 1. The first-order valence-electron chi connectivity index (χ1n) is 11.7. The van der Waals surface area contributed by atoms with Crippen molar-refractivity contribution in [3.63, 3.8) is 0 Å². The maximum atomic E-state index is 4.47. The van der Waals surface area contributed by atoms with Gasteiger partial charge in [0.25, 0.3) is 0 Å². The van der Waals surface area contributed by atoms with Gasteiger partial charge in [0.05, 0.1) is 0 Å². The number of benzene rings is 1. The maximum Gasteiger partial charge on any atom is 0.191 e. The van der Waals surface area contributed by atoms with E-state index in [-0.39, 0.29) is 0 Å². The zero-order chi connectivity index (χ0) is 21.5. The van der Waals surface area contributed by atoms with Crippen LogP contribution in [-0.2, 0) is 0 Å². The van der Waals surface area contributed by atoms with Crippen LogP contribution < -0.4 is 10.6 Å². The summed E-state index contributed by atoms with van der Waals surface area (Å²) in [5.41, 5.74) is 1.43. The Morgan fingerprint density at radius 1 is 1.13 bits per heavy atom. The van der Waals surface area contributed by atoms with E-state index in [4.69, 9.17) is 0 Å². The van der Waals surface area contributed by atoms with Gasteiger partial charge in [-0.25, -0.2) is 0 Å². The lowest BCUT2D eigenvalue weighted by atomic mass is 10.0. The molecule has 2 fully saturated rings. The molecule has 0 saturated carbocycles. The molecule has 0 amide bonds. The quantitative estimate of drug-likeness (QED) is 0.407. The van der Waals surface area contributed by atoms with Crippen LogP contribution >= 0.6 is 0 Å². The maximum absolute atomic E-state index is 4.47. The summed E-state index contributed by atoms with van der Waals surface area (Å²) in [6.07, 6.45) is 1.12. The van der Waals surface area contributed by atoms with Crippen LogP contribution in [0.15, 0.2) is 35.3 Å². The Kier molecular flexibility index (Phi) is 8.54. The molecule has 2 aliphatic rings. The van der Waals surface area contributed by atoms with Crippen molar-refractivity contribution in [3.05, 3.63) is 35.9 Å². The molecule has 2 N–H and O–H groups in total. The summed E-state index contributed by atoms with van der Waals surface area (Å²) in [4.78, 5) is 12.1. The molecule has 0 bridgehead atoms. The van der Waals surface area contributed by atoms with Crippen molar-refractivity contribution in [3.8, 4) is 0 Å². The summed E-state index contributed by atoms with van der Waals surface area (Å²) >= 11 is 0. The molecule has 0 aliphatic carbocycles. The fourth-order valence-electron chi connectivity index (χ4n) is 4.69. The predicted octanol–water partition coefficient (Wildman–Crippen LogP) is 2.26. The number of nitrogens with one attached hydrogen (secondary N) is 2. The number of rotatable bonds is 7. The Morgan fingerprint density at radius 3 is 2.57 bits per heavy atom. The minimum atomic E-state index is 0.471. The normalized spacial score (nSPS) is 27.0. The van der Waals surface area contributed by atoms with Crippen molar-refractivity contribution in [2.24, 2.45) is 10.9 Å². The molecule has 0 aromatic heterocycles. The van der Waals surface area contributed by atoms with Crippen LogP contribution in [0.1, 0.15) is 38.8 Å². The average molecular weight is 415 g/mol. The van der Waals surface area contributed by atoms with Gasteiger partial charge >= 0.3 is 0 Å². The molecular formula is C24H42N6. The Labute approximate surface area is 183 Å². The van der Waals surface area contributed by atoms with Crippen molar-refractivity contribution < 1.29 is 0 Å². The van der Waals surface area contributed by atoms with Gasteiger partial charge in [0.15, 0.2) is 5.96 Å². The van der Waals surface area contributed by atoms with Crippen LogP contribution in [-0.4, -0.2) is 92.7 Å². The summed E-state index contributed by atoms with van der Waals surface area (Å²) in [6, 6.07) is 12.5. The van der Waals surface area contributed by atoms with Crippen LogP contribution in [0.4, 0.5) is 0 Å². The molecule has 3 rings (SSSR count). The minimum Gasteiger partial charge on any atom is -0.356 e. The van der Waals surface area contributed by atoms with Crippen LogP contribution in [0.2, 0.25) is 0 Å². The van der Waals surface area contributed by atoms with E-state index in [0.29, 0.717) is 24.0 Å². The Balaban J connectivity index is 1.45. The van der Waals surface area contributed by atoms with E-state index in [1.807, 2.05) is 7.05 Å². The second kappa shape index (κ2) is 11.1. The molecular weight excluding hydrogens is 372 g/mol. The van der Waals surface area contributed by atoms with E-state index >= 15 is 0 Å². The highest BCUT2D eigenvalue weighted by molar-refractivity contribution is 5.80. The van der Waals surface area contributed by atoms with Crippen LogP contribution in [0.5, 0.6) is 0 Å². The van der Waals surface area contributed by atoms with Gasteiger partial charge < -0.3 is 15.5 Å². The first-order chi connectivity index (χ1) is 14.5. The summed E-state index contributed by atoms with van der Waals surface area (Å²) in [5, 5.41) is 7.20. The molecule has 0 radical (unpaired) electrons. The first-order valence-corrected chi connectivity index (χ1v) is 11.7. The van der Waals surface area contributed by atoms with Crippen molar-refractivity contribution in [2.45, 2.75) is 45.3 Å². The summed E-state index contributed by atoms with van der Waals surface area (Å²) in [7, 11) is 4.11. The molecule has 3 unspecified atom stereocenters. The highest BCUT2D eigenvalue weighted by atomic mass is 15.3. The lowest BCUT2D eigenvalue weighted by Gasteiger charge is -2.40. The number of likely N-dealkylation sites (tertiary alicyclic amines) is 1. The number of likely N-dealkylation sites (N-methyl/N-ethyl adjacent to an activating group) is 1. The molecule has 30 heavy (non-hydrogen) atoms. The van der Waals surface area contributed by atoms with Gasteiger partial charge in [0.1, 0.15) is 0 Å². The van der Waals surface area contributed by atoms with E-state index in [0.717, 1.165) is 58.2 Å². The molecule has 2 saturated heterocycles. The Bertz CT molecular complexity index is 661. The van der Waals surface area contributed by atoms with Crippen molar-refractivity contribution in [1.82, 2.24) is 25.3 Å². The number of nitrogens with zero attached hydrogens (tertiary/aromatic N) is 4. The lowest BCUT2D eigenvalue weighted by molar-refractivity contribution is 0.0891. The topological polar surface area (TPSA) is 46.1 Å². The van der Waals surface area contributed by atoms with Crippen LogP contribution in [0, 0.1) is 5.92 Å². The minimum absolute atomic E-state index is 0.471. The third-order valence-corrected chi connectivity index (χ3v) is 6.71. The van der Waals surface area contributed by atoms with Crippen LogP contribution in [0.25, 0.3) is 0 Å². The zero-order valence-corrected chi connectivity index (χ0v) is 19.6. The highest BCUT2D eigenvalue weighted by Gasteiger charge is 2.31. The highest BCUT2D eigenvalue weighted by Crippen LogP contribution is 2.24. The molecule has 1 aromatic rings. The molecule has 2 heterocycles. The third kappa shape index (κ3) is 6.19. The number of hydrogen-bond acceptors (Lipinski definition) is 4. The fourth-order valence-corrected chi connectivity index (χ4v) is 4.69. The van der Waals surface area contributed by atoms with Gasteiger partial charge in [-0.2, -0.15) is 0 Å². The van der Waals surface area contributed by atoms with Gasteiger partial charge in [-0.05, 0) is 38.8 Å². The second-order valence-corrected chi connectivity index (χ2v) is 9.35. The van der Waals surface area contributed by atoms with Gasteiger partial charge in [0.2, 0.25) is 0 Å². The van der Waals surface area contributed by atoms with E-state index < -0.39 is 0 Å². The smallest absolute Gasteiger partial charge is 0.191 e. The Morgan fingerprint density at radius 2 is 1.90 bits per heavy atom. The summed E-state index contributed by atoms with van der Waals surface area (Å²) in [6.45, 7) is 14.6. The largest absolute Gasteiger partial charge is 0.356 e. The molecule has 2 aliphatic heterocycles. The molecule has 6 heteroatoms. The van der Waals surface area contributed by atoms with Crippen LogP contribution in [0.3, 0.4) is 0 Å². The number of hydrogen-bond donors (Lipinski definition) is 2. The van der Waals surface area contributed by atoms with E-state index in [1.54, 1.807) is 0 Å². The molecule has 1 aromatic carbocycles. The standard InChI is InChI=1S/C24H42N6/c1-19(2)30-16-20(3)22(17-30)27-24(25-4)26-12-9-13-29-15-14-28(5)18-23(29)21-10-7-6-8-11-21/h6-8,10-11,19-20,22-23H,9,12-18H2,1-5H3,(H2,25,26,27). The average Bonchev–Trinajstić information content (AvgIpc) is 3.12. The third-order valence-electron chi connectivity index (χ3n) is 6.71. The summed E-state index contributed by atoms with van der Waals surface area (Å²) in [5.74, 6) is 1.58. The van der Waals surface area contributed by atoms with Crippen molar-refractivity contribution in [1.29, 1.82) is 0 Å². The van der Waals surface area contributed by atoms with Gasteiger partial charge in [-0.3, -0.25) is 14.8 Å². The van der Waals surface area contributed by atoms with E-state index in [1.165, 1.54) is 5.56 Å². The molecule has 0 spiro atoms. The molecule has 6 nitrogen and oxygen atoms in total. The van der Waals surface area contributed by atoms with E-state index in [2.05, 4.69) is 88.5 Å². The number of aliphatic imine (C=N–C) groups is 1. The Hall–Kier alpha value is -1.63. The van der Waals surface area contributed by atoms with Crippen molar-refractivity contribution in [2.75, 3.05) is 59.9 Å². The van der Waals surface area contributed by atoms with Gasteiger partial charge in [-0.15, -0.1) is 0 Å².